The third-order valence-corrected chi connectivity index (χ3v) is 7.89. The average molecular weight is 491 g/mol. The molecule has 29 heavy (non-hydrogen) atoms. The normalized spacial score (nSPS) is 12.9. The van der Waals surface area contributed by atoms with Gasteiger partial charge in [0, 0.05) is 18.2 Å². The fraction of sp³-hybridized carbons (Fsp3) is 0.111. The number of halogens is 2. The molecule has 6 nitrogen and oxygen atoms in total. The first kappa shape index (κ1) is 22.2. The van der Waals surface area contributed by atoms with Gasteiger partial charge in [-0.2, -0.15) is 0 Å². The average Bonchev–Trinajstić information content (AvgIpc) is 3.26. The first-order valence-corrected chi connectivity index (χ1v) is 12.0. The Bertz CT molecular complexity index is 976. The van der Waals surface area contributed by atoms with Crippen molar-refractivity contribution in [1.82, 2.24) is 0 Å². The molecule has 2 N–H and O–H groups in total. The topological polar surface area (TPSA) is 88.6 Å². The Morgan fingerprint density at radius 2 is 1.55 bits per heavy atom. The van der Waals surface area contributed by atoms with Crippen LogP contribution >= 0.6 is 34.5 Å². The van der Waals surface area contributed by atoms with Crippen molar-refractivity contribution < 1.29 is 18.6 Å². The maximum Gasteiger partial charge on any atom is 0.233 e. The summed E-state index contributed by atoms with van der Waals surface area (Å²) < 4.78 is 42.4. The number of nitrogens with one attached hydrogen (secondary N) is 2. The van der Waals surface area contributed by atoms with Gasteiger partial charge in [-0.1, -0.05) is 34.5 Å². The molecular weight excluding hydrogens is 475 g/mol. The summed E-state index contributed by atoms with van der Waals surface area (Å²) in [5.74, 6) is 0.970. The van der Waals surface area contributed by atoms with E-state index in [9.17, 15) is 9.11 Å². The van der Waals surface area contributed by atoms with Crippen LogP contribution in [0.3, 0.4) is 0 Å². The fourth-order valence-corrected chi connectivity index (χ4v) is 5.40. The smallest absolute Gasteiger partial charge is 0.233 e. The molecule has 1 aromatic heterocycles. The van der Waals surface area contributed by atoms with Crippen molar-refractivity contribution in [1.29, 1.82) is 0 Å². The Morgan fingerprint density at radius 1 is 0.897 bits per heavy atom. The second-order valence-corrected chi connectivity index (χ2v) is 9.89. The number of hydrogen-bond acceptors (Lipinski definition) is 7. The third kappa shape index (κ3) is 5.37. The maximum atomic E-state index is 13.0. The van der Waals surface area contributed by atoms with Gasteiger partial charge in [0.15, 0.2) is 5.75 Å². The van der Waals surface area contributed by atoms with E-state index >= 15 is 0 Å². The summed E-state index contributed by atoms with van der Waals surface area (Å²) in [6, 6.07) is 11.5. The molecule has 0 saturated carbocycles. The molecule has 0 bridgehead atoms. The first-order valence-electron chi connectivity index (χ1n) is 8.04. The summed E-state index contributed by atoms with van der Waals surface area (Å²) >= 11 is 10.4. The number of anilines is 2. The molecule has 2 aromatic carbocycles. The lowest BCUT2D eigenvalue weighted by Crippen LogP contribution is -2.18. The molecule has 0 spiro atoms. The summed E-state index contributed by atoms with van der Waals surface area (Å²) in [6.07, 6.45) is 0. The second kappa shape index (κ2) is 10.0. The second-order valence-electron chi connectivity index (χ2n) is 5.50. The Kier molecular flexibility index (Phi) is 7.69. The Hall–Kier alpha value is -1.46. The van der Waals surface area contributed by atoms with Gasteiger partial charge in [-0.05, 0) is 29.6 Å². The van der Waals surface area contributed by atoms with E-state index in [2.05, 4.69) is 9.44 Å². The van der Waals surface area contributed by atoms with E-state index in [0.29, 0.717) is 32.0 Å². The van der Waals surface area contributed by atoms with E-state index in [1.807, 2.05) is 5.38 Å². The standard InChI is InChI=1S/C18H16Cl2N2O4S3/c1-25-11-5-6-17(16(8-11)26-2)28(23)21-14-9-12(19)13(20)10-15(14)22-29(24)18-4-3-7-27-18/h3-10,21-22H,1-2H3. The molecular formula is C18H16Cl2N2O4S3. The van der Waals surface area contributed by atoms with E-state index in [1.165, 1.54) is 37.7 Å². The summed E-state index contributed by atoms with van der Waals surface area (Å²) in [7, 11) is 3.01. The molecule has 0 radical (unpaired) electrons. The summed E-state index contributed by atoms with van der Waals surface area (Å²) in [5.41, 5.74) is 0.771. The highest BCUT2D eigenvalue weighted by atomic mass is 35.5. The van der Waals surface area contributed by atoms with E-state index in [-0.39, 0.29) is 10.0 Å². The highest BCUT2D eigenvalue weighted by Gasteiger charge is 2.23. The zero-order chi connectivity index (χ0) is 21.0. The number of thiophene rings is 1. The summed E-state index contributed by atoms with van der Waals surface area (Å²) in [5, 5.41) is 2.37. The lowest BCUT2D eigenvalue weighted by Gasteiger charge is -2.18. The van der Waals surface area contributed by atoms with E-state index in [1.54, 1.807) is 30.3 Å². The Balaban J connectivity index is 1.89. The van der Waals surface area contributed by atoms with Crippen LogP contribution in [-0.2, 0) is 22.7 Å². The highest BCUT2D eigenvalue weighted by Crippen LogP contribution is 2.37. The fourth-order valence-electron chi connectivity index (χ4n) is 2.32. The van der Waals surface area contributed by atoms with Gasteiger partial charge < -0.3 is 18.6 Å². The van der Waals surface area contributed by atoms with Crippen molar-refractivity contribution in [3.8, 4) is 11.5 Å². The SMILES string of the molecule is COc1ccc([S+]([O-])Nc2cc(Cl)c(Cl)cc2N[S+]([O-])c2cccs2)c(OC)c1. The van der Waals surface area contributed by atoms with Gasteiger partial charge in [-0.15, -0.1) is 0 Å². The highest BCUT2D eigenvalue weighted by molar-refractivity contribution is 7.94. The van der Waals surface area contributed by atoms with Crippen molar-refractivity contribution in [2.75, 3.05) is 23.7 Å². The minimum absolute atomic E-state index is 0.264. The van der Waals surface area contributed by atoms with Crippen molar-refractivity contribution in [2.24, 2.45) is 0 Å². The first-order chi connectivity index (χ1) is 13.9. The molecule has 154 valence electrons. The molecule has 0 aliphatic rings. The minimum atomic E-state index is -1.70. The van der Waals surface area contributed by atoms with Crippen LogP contribution in [0.4, 0.5) is 11.4 Å². The Labute approximate surface area is 188 Å². The van der Waals surface area contributed by atoms with E-state index in [4.69, 9.17) is 32.7 Å². The molecule has 0 aliphatic heterocycles. The van der Waals surface area contributed by atoms with Crippen molar-refractivity contribution >= 4 is 68.6 Å². The predicted molar refractivity (Wildman–Crippen MR) is 120 cm³/mol. The van der Waals surface area contributed by atoms with Crippen molar-refractivity contribution in [2.45, 2.75) is 9.10 Å². The van der Waals surface area contributed by atoms with Gasteiger partial charge in [-0.3, -0.25) is 0 Å². The molecule has 11 heteroatoms. The molecule has 0 amide bonds. The van der Waals surface area contributed by atoms with Crippen LogP contribution in [-0.4, -0.2) is 23.3 Å². The van der Waals surface area contributed by atoms with Gasteiger partial charge >= 0.3 is 0 Å². The van der Waals surface area contributed by atoms with Crippen LogP contribution < -0.4 is 18.9 Å². The zero-order valence-corrected chi connectivity index (χ0v) is 19.2. The molecule has 0 saturated heterocycles. The molecule has 1 heterocycles. The van der Waals surface area contributed by atoms with E-state index < -0.39 is 22.7 Å². The largest absolute Gasteiger partial charge is 0.588 e. The van der Waals surface area contributed by atoms with Crippen LogP contribution in [0.25, 0.3) is 0 Å². The number of methoxy groups -OCH3 is 2. The number of ether oxygens (including phenoxy) is 2. The monoisotopic (exact) mass is 490 g/mol. The summed E-state index contributed by atoms with van der Waals surface area (Å²) in [4.78, 5) is 0.407. The molecule has 3 aromatic rings. The lowest BCUT2D eigenvalue weighted by molar-refractivity contribution is 0.386. The van der Waals surface area contributed by atoms with Crippen LogP contribution in [0.5, 0.6) is 11.5 Å². The molecule has 2 unspecified atom stereocenters. The van der Waals surface area contributed by atoms with Crippen LogP contribution in [0.2, 0.25) is 10.0 Å². The van der Waals surface area contributed by atoms with E-state index in [0.717, 1.165) is 0 Å². The van der Waals surface area contributed by atoms with Crippen LogP contribution in [0.1, 0.15) is 0 Å². The van der Waals surface area contributed by atoms with Gasteiger partial charge in [0.2, 0.25) is 9.10 Å². The number of rotatable bonds is 8. The minimum Gasteiger partial charge on any atom is -0.588 e. The number of benzene rings is 2. The number of hydrogen-bond donors (Lipinski definition) is 2. The van der Waals surface area contributed by atoms with Crippen LogP contribution in [0, 0.1) is 0 Å². The van der Waals surface area contributed by atoms with Gasteiger partial charge in [0.25, 0.3) is 0 Å². The molecule has 3 rings (SSSR count). The molecule has 0 aliphatic carbocycles. The zero-order valence-electron chi connectivity index (χ0n) is 15.2. The van der Waals surface area contributed by atoms with Crippen molar-refractivity contribution in [3.05, 3.63) is 57.9 Å². The van der Waals surface area contributed by atoms with Gasteiger partial charge in [-0.25, -0.2) is 9.44 Å². The molecule has 2 atom stereocenters. The third-order valence-electron chi connectivity index (χ3n) is 3.71. The summed E-state index contributed by atoms with van der Waals surface area (Å²) in [6.45, 7) is 0. The van der Waals surface area contributed by atoms with Gasteiger partial charge in [0.1, 0.15) is 39.8 Å². The predicted octanol–water partition coefficient (Wildman–Crippen LogP) is 5.34. The lowest BCUT2D eigenvalue weighted by atomic mass is 10.3. The van der Waals surface area contributed by atoms with Gasteiger partial charge in [0.05, 0.1) is 24.3 Å². The Morgan fingerprint density at radius 3 is 2.10 bits per heavy atom. The molecule has 0 fully saturated rings. The maximum absolute atomic E-state index is 13.0. The quantitative estimate of drug-likeness (QED) is 0.414. The van der Waals surface area contributed by atoms with Crippen LogP contribution in [0.15, 0.2) is 56.9 Å². The van der Waals surface area contributed by atoms with Crippen molar-refractivity contribution in [3.63, 3.8) is 0 Å².